The summed E-state index contributed by atoms with van der Waals surface area (Å²) in [5, 5.41) is 5.76. The van der Waals surface area contributed by atoms with E-state index in [1.165, 1.54) is 0 Å². The van der Waals surface area contributed by atoms with Gasteiger partial charge in [-0.05, 0) is 43.8 Å². The number of rotatable bonds is 4. The number of hydrogen-bond donors (Lipinski definition) is 5. The molecule has 0 atom stereocenters. The van der Waals surface area contributed by atoms with Crippen molar-refractivity contribution >= 4 is 29.3 Å². The van der Waals surface area contributed by atoms with Crippen molar-refractivity contribution in [3.63, 3.8) is 0 Å². The van der Waals surface area contributed by atoms with Crippen LogP contribution in [-0.4, -0.2) is 23.1 Å². The summed E-state index contributed by atoms with van der Waals surface area (Å²) in [6, 6.07) is 6.35. The third-order valence-electron chi connectivity index (χ3n) is 2.39. The fourth-order valence-electron chi connectivity index (χ4n) is 1.45. The van der Waals surface area contributed by atoms with Gasteiger partial charge in [0.1, 0.15) is 0 Å². The van der Waals surface area contributed by atoms with Gasteiger partial charge in [0.25, 0.3) is 5.91 Å². The van der Waals surface area contributed by atoms with Crippen molar-refractivity contribution in [3.8, 4) is 0 Å². The van der Waals surface area contributed by atoms with E-state index < -0.39 is 6.03 Å². The molecule has 0 bridgehead atoms. The lowest BCUT2D eigenvalue weighted by Crippen LogP contribution is -2.48. The summed E-state index contributed by atoms with van der Waals surface area (Å²) in [7, 11) is 0. The zero-order chi connectivity index (χ0) is 15.8. The first-order chi connectivity index (χ1) is 9.88. The first-order valence-corrected chi connectivity index (χ1v) is 6.78. The van der Waals surface area contributed by atoms with Gasteiger partial charge in [0.15, 0.2) is 5.11 Å². The molecule has 0 saturated carbocycles. The number of thiocarbonyl (C=S) groups is 1. The molecule has 7 nitrogen and oxygen atoms in total. The lowest BCUT2D eigenvalue weighted by atomic mass is 10.1. The van der Waals surface area contributed by atoms with Crippen molar-refractivity contribution in [2.24, 2.45) is 5.73 Å². The van der Waals surface area contributed by atoms with Crippen molar-refractivity contribution in [3.05, 3.63) is 35.4 Å². The zero-order valence-corrected chi connectivity index (χ0v) is 12.7. The molecule has 0 radical (unpaired) electrons. The first kappa shape index (κ1) is 16.7. The number of hydrogen-bond acceptors (Lipinski definition) is 3. The van der Waals surface area contributed by atoms with E-state index in [1.807, 2.05) is 13.8 Å². The number of amides is 3. The van der Waals surface area contributed by atoms with Crippen molar-refractivity contribution in [2.45, 2.75) is 26.4 Å². The molecule has 0 aliphatic heterocycles. The Labute approximate surface area is 128 Å². The Morgan fingerprint density at radius 3 is 2.33 bits per heavy atom. The smallest absolute Gasteiger partial charge is 0.312 e. The molecule has 114 valence electrons. The maximum absolute atomic E-state index is 11.9. The summed E-state index contributed by atoms with van der Waals surface area (Å²) in [6.45, 7) is 4.20. The lowest BCUT2D eigenvalue weighted by molar-refractivity contribution is 0.0943. The van der Waals surface area contributed by atoms with Crippen molar-refractivity contribution < 1.29 is 9.59 Å². The molecule has 0 fully saturated rings. The van der Waals surface area contributed by atoms with Crippen LogP contribution < -0.4 is 27.2 Å². The zero-order valence-electron chi connectivity index (χ0n) is 11.9. The van der Waals surface area contributed by atoms with E-state index in [4.69, 9.17) is 18.0 Å². The van der Waals surface area contributed by atoms with Gasteiger partial charge in [-0.3, -0.25) is 15.6 Å². The van der Waals surface area contributed by atoms with E-state index in [2.05, 4.69) is 21.5 Å². The van der Waals surface area contributed by atoms with Gasteiger partial charge in [-0.1, -0.05) is 12.1 Å². The molecule has 8 heteroatoms. The molecule has 0 aromatic heterocycles. The van der Waals surface area contributed by atoms with Gasteiger partial charge in [0.05, 0.1) is 0 Å². The first-order valence-electron chi connectivity index (χ1n) is 6.37. The Kier molecular flexibility index (Phi) is 6.41. The molecule has 0 unspecified atom stereocenters. The molecule has 0 saturated heterocycles. The lowest BCUT2D eigenvalue weighted by Gasteiger charge is -2.13. The summed E-state index contributed by atoms with van der Waals surface area (Å²) in [6.07, 6.45) is 0. The Morgan fingerprint density at radius 1 is 1.19 bits per heavy atom. The van der Waals surface area contributed by atoms with Gasteiger partial charge in [0.2, 0.25) is 0 Å². The molecule has 1 aromatic rings. The van der Waals surface area contributed by atoms with Gasteiger partial charge in [0, 0.05) is 18.2 Å². The number of nitrogens with one attached hydrogen (secondary N) is 4. The SMILES string of the molecule is CC(C)NC(=S)NNC(=O)c1ccc(CNC(N)=O)cc1. The second-order valence-corrected chi connectivity index (χ2v) is 5.03. The van der Waals surface area contributed by atoms with Gasteiger partial charge >= 0.3 is 6.03 Å². The number of carbonyl (C=O) groups is 2. The highest BCUT2D eigenvalue weighted by atomic mass is 32.1. The monoisotopic (exact) mass is 309 g/mol. The number of carbonyl (C=O) groups excluding carboxylic acids is 2. The number of urea groups is 1. The normalized spacial score (nSPS) is 9.86. The fourth-order valence-corrected chi connectivity index (χ4v) is 1.73. The van der Waals surface area contributed by atoms with Gasteiger partial charge < -0.3 is 16.4 Å². The summed E-state index contributed by atoms with van der Waals surface area (Å²) in [4.78, 5) is 22.5. The minimum atomic E-state index is -0.591. The van der Waals surface area contributed by atoms with Crippen molar-refractivity contribution in [1.29, 1.82) is 0 Å². The molecule has 0 aliphatic carbocycles. The predicted octanol–water partition coefficient (Wildman–Crippen LogP) is 0.372. The van der Waals surface area contributed by atoms with Gasteiger partial charge in [-0.2, -0.15) is 0 Å². The quantitative estimate of drug-likeness (QED) is 0.408. The predicted molar refractivity (Wildman–Crippen MR) is 84.3 cm³/mol. The van der Waals surface area contributed by atoms with Crippen LogP contribution in [0.1, 0.15) is 29.8 Å². The molecule has 1 aromatic carbocycles. The van der Waals surface area contributed by atoms with E-state index in [9.17, 15) is 9.59 Å². The van der Waals surface area contributed by atoms with E-state index in [1.54, 1.807) is 24.3 Å². The highest BCUT2D eigenvalue weighted by Gasteiger charge is 2.06. The largest absolute Gasteiger partial charge is 0.359 e. The van der Waals surface area contributed by atoms with Crippen LogP contribution in [0.15, 0.2) is 24.3 Å². The number of hydrazine groups is 1. The van der Waals surface area contributed by atoms with Gasteiger partial charge in [-0.15, -0.1) is 0 Å². The number of nitrogens with two attached hydrogens (primary N) is 1. The van der Waals surface area contributed by atoms with Crippen LogP contribution in [0.2, 0.25) is 0 Å². The second-order valence-electron chi connectivity index (χ2n) is 4.62. The Balaban J connectivity index is 2.47. The highest BCUT2D eigenvalue weighted by Crippen LogP contribution is 2.04. The third-order valence-corrected chi connectivity index (χ3v) is 2.61. The summed E-state index contributed by atoms with van der Waals surface area (Å²) in [5.74, 6) is -0.308. The van der Waals surface area contributed by atoms with Crippen LogP contribution in [0.25, 0.3) is 0 Å². The fraction of sp³-hybridized carbons (Fsp3) is 0.308. The van der Waals surface area contributed by atoms with Crippen LogP contribution in [0, 0.1) is 0 Å². The molecule has 0 heterocycles. The Hall–Kier alpha value is -2.35. The van der Waals surface area contributed by atoms with E-state index in [-0.39, 0.29) is 11.9 Å². The topological polar surface area (TPSA) is 108 Å². The van der Waals surface area contributed by atoms with Crippen LogP contribution in [0.3, 0.4) is 0 Å². The molecule has 3 amide bonds. The Bertz CT molecular complexity index is 516. The molecule has 1 rings (SSSR count). The summed E-state index contributed by atoms with van der Waals surface area (Å²) in [5.41, 5.74) is 11.4. The standard InChI is InChI=1S/C13H19N5O2S/c1-8(2)16-13(21)18-17-11(19)10-5-3-9(4-6-10)7-15-12(14)20/h3-6,8H,7H2,1-2H3,(H,17,19)(H3,14,15,20)(H2,16,18,21). The number of benzene rings is 1. The van der Waals surface area contributed by atoms with E-state index >= 15 is 0 Å². The van der Waals surface area contributed by atoms with Crippen LogP contribution >= 0.6 is 12.2 Å². The van der Waals surface area contributed by atoms with E-state index in [0.29, 0.717) is 17.2 Å². The van der Waals surface area contributed by atoms with Crippen molar-refractivity contribution in [1.82, 2.24) is 21.5 Å². The molecular weight excluding hydrogens is 290 g/mol. The van der Waals surface area contributed by atoms with Crippen LogP contribution in [-0.2, 0) is 6.54 Å². The maximum Gasteiger partial charge on any atom is 0.312 e. The minimum absolute atomic E-state index is 0.180. The number of primary amides is 1. The second kappa shape index (κ2) is 8.05. The van der Waals surface area contributed by atoms with E-state index in [0.717, 1.165) is 5.56 Å². The molecule has 6 N–H and O–H groups in total. The average Bonchev–Trinajstić information content (AvgIpc) is 2.42. The molecule has 0 aliphatic rings. The van der Waals surface area contributed by atoms with Crippen LogP contribution in [0.4, 0.5) is 4.79 Å². The molecule has 0 spiro atoms. The average molecular weight is 309 g/mol. The minimum Gasteiger partial charge on any atom is -0.359 e. The summed E-state index contributed by atoms with van der Waals surface area (Å²) >= 11 is 4.99. The van der Waals surface area contributed by atoms with Crippen LogP contribution in [0.5, 0.6) is 0 Å². The van der Waals surface area contributed by atoms with Gasteiger partial charge in [-0.25, -0.2) is 4.79 Å². The Morgan fingerprint density at radius 2 is 1.81 bits per heavy atom. The summed E-state index contributed by atoms with van der Waals surface area (Å²) < 4.78 is 0. The molecular formula is C13H19N5O2S. The molecule has 21 heavy (non-hydrogen) atoms. The third kappa shape index (κ3) is 6.57. The van der Waals surface area contributed by atoms with Crippen molar-refractivity contribution in [2.75, 3.05) is 0 Å². The highest BCUT2D eigenvalue weighted by molar-refractivity contribution is 7.80. The maximum atomic E-state index is 11.9.